The lowest BCUT2D eigenvalue weighted by Gasteiger charge is -2.25. The van der Waals surface area contributed by atoms with E-state index >= 15 is 0 Å². The van der Waals surface area contributed by atoms with E-state index in [0.717, 1.165) is 69.0 Å². The van der Waals surface area contributed by atoms with E-state index in [1.54, 1.807) is 0 Å². The molecule has 1 atom stereocenters. The number of nitrogens with zero attached hydrogens (tertiary/aromatic N) is 3. The maximum atomic E-state index is 13.2. The van der Waals surface area contributed by atoms with Gasteiger partial charge in [-0.3, -0.25) is 14.7 Å². The number of ether oxygens (including phenoxy) is 1. The van der Waals surface area contributed by atoms with E-state index in [4.69, 9.17) is 4.74 Å². The van der Waals surface area contributed by atoms with Gasteiger partial charge in [-0.15, -0.1) is 0 Å². The Morgan fingerprint density at radius 2 is 1.96 bits per heavy atom. The molecule has 2 aromatic rings. The van der Waals surface area contributed by atoms with E-state index < -0.39 is 0 Å². The molecule has 5 heteroatoms. The van der Waals surface area contributed by atoms with Crippen molar-refractivity contribution in [2.75, 3.05) is 32.8 Å². The van der Waals surface area contributed by atoms with Crippen LogP contribution in [0.1, 0.15) is 24.1 Å². The van der Waals surface area contributed by atoms with Gasteiger partial charge in [-0.2, -0.15) is 0 Å². The zero-order valence-electron chi connectivity index (χ0n) is 15.7. The van der Waals surface area contributed by atoms with Crippen molar-refractivity contribution in [3.63, 3.8) is 0 Å². The van der Waals surface area contributed by atoms with Crippen molar-refractivity contribution < 1.29 is 9.53 Å². The number of pyridine rings is 1. The highest BCUT2D eigenvalue weighted by Gasteiger charge is 2.28. The van der Waals surface area contributed by atoms with Gasteiger partial charge >= 0.3 is 0 Å². The first kappa shape index (κ1) is 18.0. The fraction of sp³-hybridized carbons (Fsp3) is 0.455. The molecule has 142 valence electrons. The van der Waals surface area contributed by atoms with E-state index in [2.05, 4.69) is 26.9 Å². The van der Waals surface area contributed by atoms with E-state index in [9.17, 15) is 4.79 Å². The Morgan fingerprint density at radius 3 is 2.85 bits per heavy atom. The molecule has 0 saturated carbocycles. The van der Waals surface area contributed by atoms with Gasteiger partial charge in [-0.25, -0.2) is 0 Å². The van der Waals surface area contributed by atoms with Crippen molar-refractivity contribution in [1.82, 2.24) is 14.8 Å². The fourth-order valence-electron chi connectivity index (χ4n) is 4.03. The highest BCUT2D eigenvalue weighted by molar-refractivity contribution is 5.79. The average molecular weight is 365 g/mol. The number of aromatic nitrogens is 1. The molecule has 2 aliphatic heterocycles. The maximum absolute atomic E-state index is 13.2. The topological polar surface area (TPSA) is 45.7 Å². The second-order valence-electron chi connectivity index (χ2n) is 7.42. The molecule has 1 saturated heterocycles. The number of para-hydroxylation sites is 1. The molecule has 1 aromatic heterocycles. The third-order valence-corrected chi connectivity index (χ3v) is 5.52. The van der Waals surface area contributed by atoms with Crippen molar-refractivity contribution in [2.24, 2.45) is 5.92 Å². The van der Waals surface area contributed by atoms with Crippen LogP contribution in [-0.4, -0.2) is 53.5 Å². The van der Waals surface area contributed by atoms with E-state index in [-0.39, 0.29) is 11.8 Å². The van der Waals surface area contributed by atoms with Crippen molar-refractivity contribution >= 4 is 5.91 Å². The van der Waals surface area contributed by atoms with Gasteiger partial charge in [-0.05, 0) is 43.0 Å². The molecule has 0 aliphatic carbocycles. The standard InChI is InChI=1S/C22H27N3O2/c26-22(19-9-15-27-21-8-2-1-6-18(21)16-19)25-12-5-11-24(13-14-25)17-20-7-3-4-10-23-20/h1-4,6-8,10,19H,5,9,11-17H2/t19-/m0/s1. The minimum Gasteiger partial charge on any atom is -0.493 e. The molecule has 2 aliphatic rings. The summed E-state index contributed by atoms with van der Waals surface area (Å²) < 4.78 is 5.84. The Bertz CT molecular complexity index is 765. The van der Waals surface area contributed by atoms with E-state index in [1.807, 2.05) is 36.5 Å². The average Bonchev–Trinajstić information content (AvgIpc) is 3.07. The normalized spacial score (nSPS) is 20.9. The number of fused-ring (bicyclic) bond motifs is 1. The molecule has 0 spiro atoms. The molecule has 1 fully saturated rings. The Kier molecular flexibility index (Phi) is 5.68. The smallest absolute Gasteiger partial charge is 0.226 e. The summed E-state index contributed by atoms with van der Waals surface area (Å²) in [5.41, 5.74) is 2.25. The highest BCUT2D eigenvalue weighted by atomic mass is 16.5. The number of rotatable bonds is 3. The van der Waals surface area contributed by atoms with Crippen molar-refractivity contribution in [3.05, 3.63) is 59.9 Å². The molecule has 27 heavy (non-hydrogen) atoms. The Balaban J connectivity index is 1.37. The van der Waals surface area contributed by atoms with Crippen LogP contribution in [0.2, 0.25) is 0 Å². The van der Waals surface area contributed by atoms with E-state index in [0.29, 0.717) is 6.61 Å². The summed E-state index contributed by atoms with van der Waals surface area (Å²) in [6.07, 6.45) is 4.43. The van der Waals surface area contributed by atoms with Gasteiger partial charge in [0, 0.05) is 44.8 Å². The summed E-state index contributed by atoms with van der Waals surface area (Å²) in [5, 5.41) is 0. The van der Waals surface area contributed by atoms with Crippen LogP contribution < -0.4 is 4.74 Å². The van der Waals surface area contributed by atoms with Gasteiger partial charge in [0.1, 0.15) is 5.75 Å². The van der Waals surface area contributed by atoms with Crippen LogP contribution >= 0.6 is 0 Å². The van der Waals surface area contributed by atoms with Crippen LogP contribution in [-0.2, 0) is 17.8 Å². The largest absolute Gasteiger partial charge is 0.493 e. The lowest BCUT2D eigenvalue weighted by molar-refractivity contribution is -0.135. The quantitative estimate of drug-likeness (QED) is 0.839. The first-order valence-electron chi connectivity index (χ1n) is 9.91. The lowest BCUT2D eigenvalue weighted by Crippen LogP contribution is -2.39. The van der Waals surface area contributed by atoms with Gasteiger partial charge in [0.2, 0.25) is 5.91 Å². The molecule has 0 bridgehead atoms. The number of hydrogen-bond acceptors (Lipinski definition) is 4. The Hall–Kier alpha value is -2.40. The zero-order valence-corrected chi connectivity index (χ0v) is 15.7. The summed E-state index contributed by atoms with van der Waals surface area (Å²) >= 11 is 0. The first-order valence-corrected chi connectivity index (χ1v) is 9.91. The molecular formula is C22H27N3O2. The molecule has 1 aromatic carbocycles. The monoisotopic (exact) mass is 365 g/mol. The second kappa shape index (κ2) is 8.53. The summed E-state index contributed by atoms with van der Waals surface area (Å²) in [5.74, 6) is 1.25. The Morgan fingerprint density at radius 1 is 1.07 bits per heavy atom. The van der Waals surface area contributed by atoms with Crippen LogP contribution in [0.3, 0.4) is 0 Å². The molecular weight excluding hydrogens is 338 g/mol. The summed E-state index contributed by atoms with van der Waals surface area (Å²) in [6.45, 7) is 5.03. The highest BCUT2D eigenvalue weighted by Crippen LogP contribution is 2.27. The third kappa shape index (κ3) is 4.48. The van der Waals surface area contributed by atoms with Gasteiger partial charge in [0.15, 0.2) is 0 Å². The molecule has 5 nitrogen and oxygen atoms in total. The van der Waals surface area contributed by atoms with Gasteiger partial charge in [0.25, 0.3) is 0 Å². The molecule has 0 radical (unpaired) electrons. The molecule has 4 rings (SSSR count). The zero-order chi connectivity index (χ0) is 18.5. The van der Waals surface area contributed by atoms with E-state index in [1.165, 1.54) is 0 Å². The van der Waals surface area contributed by atoms with Gasteiger partial charge in [0.05, 0.1) is 12.3 Å². The predicted molar refractivity (Wildman–Crippen MR) is 104 cm³/mol. The number of hydrogen-bond donors (Lipinski definition) is 0. The second-order valence-corrected chi connectivity index (χ2v) is 7.42. The van der Waals surface area contributed by atoms with Gasteiger partial charge in [-0.1, -0.05) is 24.3 Å². The number of benzene rings is 1. The summed E-state index contributed by atoms with van der Waals surface area (Å²) in [7, 11) is 0. The molecule has 0 N–H and O–H groups in total. The van der Waals surface area contributed by atoms with Crippen molar-refractivity contribution in [3.8, 4) is 5.75 Å². The van der Waals surface area contributed by atoms with Crippen LogP contribution in [0.5, 0.6) is 5.75 Å². The maximum Gasteiger partial charge on any atom is 0.226 e. The summed E-state index contributed by atoms with van der Waals surface area (Å²) in [6, 6.07) is 14.1. The first-order chi connectivity index (χ1) is 13.3. The van der Waals surface area contributed by atoms with Crippen LogP contribution in [0.15, 0.2) is 48.7 Å². The molecule has 1 amide bonds. The number of carbonyl (C=O) groups is 1. The van der Waals surface area contributed by atoms with Crippen molar-refractivity contribution in [1.29, 1.82) is 0 Å². The molecule has 3 heterocycles. The molecule has 0 unspecified atom stereocenters. The van der Waals surface area contributed by atoms with Crippen molar-refractivity contribution in [2.45, 2.75) is 25.8 Å². The number of amides is 1. The van der Waals surface area contributed by atoms with Crippen LogP contribution in [0.4, 0.5) is 0 Å². The van der Waals surface area contributed by atoms with Gasteiger partial charge < -0.3 is 9.64 Å². The van der Waals surface area contributed by atoms with Crippen LogP contribution in [0, 0.1) is 5.92 Å². The van der Waals surface area contributed by atoms with Crippen LogP contribution in [0.25, 0.3) is 0 Å². The third-order valence-electron chi connectivity index (χ3n) is 5.52. The minimum atomic E-state index is 0.0241. The Labute approximate surface area is 161 Å². The summed E-state index contributed by atoms with van der Waals surface area (Å²) in [4.78, 5) is 22.1. The lowest BCUT2D eigenvalue weighted by atomic mass is 9.95. The predicted octanol–water partition coefficient (Wildman–Crippen LogP) is 2.76. The fourth-order valence-corrected chi connectivity index (χ4v) is 4.03. The SMILES string of the molecule is O=C([C@H]1CCOc2ccccc2C1)N1CCCN(Cc2ccccn2)CC1. The number of carbonyl (C=O) groups excluding carboxylic acids is 1. The minimum absolute atomic E-state index is 0.0241.